The molecule has 0 aromatic heterocycles. The maximum absolute atomic E-state index is 13.3. The zero-order valence-corrected chi connectivity index (χ0v) is 16.6. The van der Waals surface area contributed by atoms with Gasteiger partial charge in [-0.25, -0.2) is 16.8 Å². The second-order valence-corrected chi connectivity index (χ2v) is 11.8. The molecule has 25 heavy (non-hydrogen) atoms. The van der Waals surface area contributed by atoms with Crippen LogP contribution in [0.2, 0.25) is 0 Å². The van der Waals surface area contributed by atoms with E-state index >= 15 is 0 Å². The fourth-order valence-electron chi connectivity index (χ4n) is 3.81. The molecular formula is C18H27NO4S2. The van der Waals surface area contributed by atoms with Crippen molar-refractivity contribution in [3.8, 4) is 0 Å². The van der Waals surface area contributed by atoms with Crippen LogP contribution in [0.5, 0.6) is 0 Å². The lowest BCUT2D eigenvalue weighted by Crippen LogP contribution is -2.43. The van der Waals surface area contributed by atoms with Crippen LogP contribution in [0.4, 0.5) is 0 Å². The average Bonchev–Trinajstić information content (AvgIpc) is 2.91. The molecule has 2 aliphatic rings. The summed E-state index contributed by atoms with van der Waals surface area (Å²) in [5.41, 5.74) is 2.36. The van der Waals surface area contributed by atoms with Crippen molar-refractivity contribution < 1.29 is 16.8 Å². The number of aryl methyl sites for hydroxylation is 2. The van der Waals surface area contributed by atoms with Crippen molar-refractivity contribution in [2.45, 2.75) is 56.9 Å². The van der Waals surface area contributed by atoms with E-state index in [1.165, 1.54) is 9.87 Å². The Bertz CT molecular complexity index is 844. The molecule has 0 bridgehead atoms. The summed E-state index contributed by atoms with van der Waals surface area (Å²) in [4.78, 5) is 0.304. The fraction of sp³-hybridized carbons (Fsp3) is 0.667. The SMILES string of the molecule is CC(C)CN(C1CCS(=O)(=O)C1)S(=O)(=O)c1ccc2c(c1)CCCC2. The molecule has 1 aromatic carbocycles. The maximum atomic E-state index is 13.3. The van der Waals surface area contributed by atoms with Crippen molar-refractivity contribution >= 4 is 19.9 Å². The third-order valence-corrected chi connectivity index (χ3v) is 8.75. The van der Waals surface area contributed by atoms with Crippen LogP contribution >= 0.6 is 0 Å². The summed E-state index contributed by atoms with van der Waals surface area (Å²) >= 11 is 0. The highest BCUT2D eigenvalue weighted by atomic mass is 32.2. The minimum atomic E-state index is -3.69. The largest absolute Gasteiger partial charge is 0.243 e. The first kappa shape index (κ1) is 18.9. The number of sulfonamides is 1. The van der Waals surface area contributed by atoms with Crippen molar-refractivity contribution in [1.29, 1.82) is 0 Å². The highest BCUT2D eigenvalue weighted by molar-refractivity contribution is 7.92. The Labute approximate surface area is 151 Å². The Morgan fingerprint density at radius 1 is 1.16 bits per heavy atom. The van der Waals surface area contributed by atoms with Gasteiger partial charge < -0.3 is 0 Å². The number of fused-ring (bicyclic) bond motifs is 1. The minimum Gasteiger partial charge on any atom is -0.229 e. The smallest absolute Gasteiger partial charge is 0.229 e. The quantitative estimate of drug-likeness (QED) is 0.780. The molecule has 0 spiro atoms. The van der Waals surface area contributed by atoms with E-state index in [2.05, 4.69) is 0 Å². The number of benzene rings is 1. The van der Waals surface area contributed by atoms with Crippen LogP contribution in [0.1, 0.15) is 44.2 Å². The van der Waals surface area contributed by atoms with E-state index in [0.717, 1.165) is 31.2 Å². The molecule has 1 saturated heterocycles. The van der Waals surface area contributed by atoms with Gasteiger partial charge in [0.2, 0.25) is 10.0 Å². The molecule has 3 rings (SSSR count). The van der Waals surface area contributed by atoms with Crippen LogP contribution in [0.15, 0.2) is 23.1 Å². The standard InChI is InChI=1S/C18H27NO4S2/c1-14(2)12-19(17-9-10-24(20,21)13-17)25(22,23)18-8-7-15-5-3-4-6-16(15)11-18/h7-8,11,14,17H,3-6,9-10,12-13H2,1-2H3. The second kappa shape index (κ2) is 7.00. The summed E-state index contributed by atoms with van der Waals surface area (Å²) in [7, 11) is -6.83. The molecular weight excluding hydrogens is 358 g/mol. The molecule has 1 atom stereocenters. The Morgan fingerprint density at radius 3 is 2.44 bits per heavy atom. The van der Waals surface area contributed by atoms with Crippen molar-refractivity contribution in [1.82, 2.24) is 4.31 Å². The molecule has 1 heterocycles. The van der Waals surface area contributed by atoms with Gasteiger partial charge in [-0.15, -0.1) is 0 Å². The van der Waals surface area contributed by atoms with Crippen molar-refractivity contribution in [3.05, 3.63) is 29.3 Å². The van der Waals surface area contributed by atoms with Gasteiger partial charge in [-0.05, 0) is 61.3 Å². The van der Waals surface area contributed by atoms with E-state index in [4.69, 9.17) is 0 Å². The van der Waals surface area contributed by atoms with E-state index in [1.807, 2.05) is 19.9 Å². The highest BCUT2D eigenvalue weighted by Gasteiger charge is 2.39. The molecule has 1 fully saturated rings. The first-order valence-corrected chi connectivity index (χ1v) is 12.3. The lowest BCUT2D eigenvalue weighted by atomic mass is 9.92. The second-order valence-electron chi connectivity index (χ2n) is 7.66. The van der Waals surface area contributed by atoms with Gasteiger partial charge in [-0.3, -0.25) is 0 Å². The summed E-state index contributed by atoms with van der Waals surface area (Å²) in [5.74, 6) is 0.145. The maximum Gasteiger partial charge on any atom is 0.243 e. The van der Waals surface area contributed by atoms with Gasteiger partial charge in [-0.2, -0.15) is 4.31 Å². The van der Waals surface area contributed by atoms with Crippen molar-refractivity contribution in [2.75, 3.05) is 18.1 Å². The third kappa shape index (κ3) is 4.09. The average molecular weight is 386 g/mol. The van der Waals surface area contributed by atoms with Crippen molar-refractivity contribution in [2.24, 2.45) is 5.92 Å². The number of hydrogen-bond acceptors (Lipinski definition) is 4. The predicted molar refractivity (Wildman–Crippen MR) is 98.9 cm³/mol. The molecule has 0 saturated carbocycles. The van der Waals surface area contributed by atoms with Crippen LogP contribution in [0.25, 0.3) is 0 Å². The molecule has 5 nitrogen and oxygen atoms in total. The first-order valence-electron chi connectivity index (χ1n) is 9.03. The Balaban J connectivity index is 1.96. The molecule has 0 N–H and O–H groups in total. The van der Waals surface area contributed by atoms with Crippen LogP contribution in [-0.2, 0) is 32.7 Å². The number of nitrogens with zero attached hydrogens (tertiary/aromatic N) is 1. The van der Waals surface area contributed by atoms with Gasteiger partial charge >= 0.3 is 0 Å². The van der Waals surface area contributed by atoms with Crippen LogP contribution in [0.3, 0.4) is 0 Å². The highest BCUT2D eigenvalue weighted by Crippen LogP contribution is 2.29. The van der Waals surface area contributed by atoms with E-state index in [1.54, 1.807) is 12.1 Å². The molecule has 1 unspecified atom stereocenters. The molecule has 140 valence electrons. The van der Waals surface area contributed by atoms with Gasteiger partial charge in [0.25, 0.3) is 0 Å². The van der Waals surface area contributed by atoms with Gasteiger partial charge in [0.1, 0.15) is 0 Å². The summed E-state index contributed by atoms with van der Waals surface area (Å²) in [6.45, 7) is 4.26. The van der Waals surface area contributed by atoms with Crippen LogP contribution in [-0.4, -0.2) is 45.2 Å². The van der Waals surface area contributed by atoms with Crippen LogP contribution < -0.4 is 0 Å². The fourth-order valence-corrected chi connectivity index (χ4v) is 7.51. The summed E-state index contributed by atoms with van der Waals surface area (Å²) < 4.78 is 51.7. The Hall–Kier alpha value is -0.920. The topological polar surface area (TPSA) is 71.5 Å². The number of rotatable bonds is 5. The molecule has 1 aliphatic heterocycles. The molecule has 7 heteroatoms. The zero-order valence-electron chi connectivity index (χ0n) is 14.9. The lowest BCUT2D eigenvalue weighted by Gasteiger charge is -2.29. The molecule has 0 amide bonds. The normalized spacial score (nSPS) is 23.1. The molecule has 1 aliphatic carbocycles. The van der Waals surface area contributed by atoms with Crippen molar-refractivity contribution in [3.63, 3.8) is 0 Å². The summed E-state index contributed by atoms with van der Waals surface area (Å²) in [6.07, 6.45) is 4.55. The van der Waals surface area contributed by atoms with E-state index in [-0.39, 0.29) is 17.4 Å². The van der Waals surface area contributed by atoms with Gasteiger partial charge in [-0.1, -0.05) is 19.9 Å². The van der Waals surface area contributed by atoms with E-state index in [9.17, 15) is 16.8 Å². The number of sulfone groups is 1. The lowest BCUT2D eigenvalue weighted by molar-refractivity contribution is 0.307. The predicted octanol–water partition coefficient (Wildman–Crippen LogP) is 2.40. The van der Waals surface area contributed by atoms with E-state index in [0.29, 0.717) is 17.9 Å². The van der Waals surface area contributed by atoms with Gasteiger partial charge in [0.15, 0.2) is 9.84 Å². The van der Waals surface area contributed by atoms with Crippen LogP contribution in [0, 0.1) is 5.92 Å². The number of hydrogen-bond donors (Lipinski definition) is 0. The molecule has 1 aromatic rings. The Kier molecular flexibility index (Phi) is 5.28. The van der Waals surface area contributed by atoms with Gasteiger partial charge in [0.05, 0.1) is 16.4 Å². The summed E-state index contributed by atoms with van der Waals surface area (Å²) in [5, 5.41) is 0. The van der Waals surface area contributed by atoms with Gasteiger partial charge in [0, 0.05) is 12.6 Å². The monoisotopic (exact) mass is 385 g/mol. The Morgan fingerprint density at radius 2 is 1.84 bits per heavy atom. The third-order valence-electron chi connectivity index (χ3n) is 5.09. The molecule has 0 radical (unpaired) electrons. The van der Waals surface area contributed by atoms with E-state index < -0.39 is 25.9 Å². The minimum absolute atomic E-state index is 0.0656. The summed E-state index contributed by atoms with van der Waals surface area (Å²) in [6, 6.07) is 4.98. The first-order chi connectivity index (χ1) is 11.7. The zero-order chi connectivity index (χ0) is 18.2.